The van der Waals surface area contributed by atoms with Gasteiger partial charge in [0.1, 0.15) is 0 Å². The third-order valence-corrected chi connectivity index (χ3v) is 3.27. The second kappa shape index (κ2) is 4.30. The van der Waals surface area contributed by atoms with Crippen LogP contribution in [0.25, 0.3) is 0 Å². The van der Waals surface area contributed by atoms with Crippen LogP contribution in [0.15, 0.2) is 48.5 Å². The molecule has 1 atom stereocenters. The van der Waals surface area contributed by atoms with Gasteiger partial charge in [-0.25, -0.2) is 0 Å². The zero-order chi connectivity index (χ0) is 12.5. The number of esters is 1. The molecular formula is C16H14O2. The van der Waals surface area contributed by atoms with Crippen molar-refractivity contribution in [1.29, 1.82) is 0 Å². The molecule has 0 fully saturated rings. The fraction of sp³-hybridized carbons (Fsp3) is 0.188. The van der Waals surface area contributed by atoms with E-state index in [1.165, 1.54) is 5.56 Å². The Balaban J connectivity index is 2.10. The van der Waals surface area contributed by atoms with E-state index in [-0.39, 0.29) is 12.1 Å². The van der Waals surface area contributed by atoms with Gasteiger partial charge in [0.15, 0.2) is 6.10 Å². The number of hydrogen-bond acceptors (Lipinski definition) is 2. The molecule has 0 N–H and O–H groups in total. The van der Waals surface area contributed by atoms with Crippen molar-refractivity contribution in [3.8, 4) is 0 Å². The molecule has 2 aromatic rings. The number of fused-ring (bicyclic) bond motifs is 1. The quantitative estimate of drug-likeness (QED) is 0.713. The van der Waals surface area contributed by atoms with Gasteiger partial charge in [0.2, 0.25) is 0 Å². The summed E-state index contributed by atoms with van der Waals surface area (Å²) in [5, 5.41) is 0. The highest BCUT2D eigenvalue weighted by atomic mass is 16.5. The highest BCUT2D eigenvalue weighted by Gasteiger charge is 2.27. The van der Waals surface area contributed by atoms with E-state index in [0.29, 0.717) is 6.42 Å². The van der Waals surface area contributed by atoms with Crippen molar-refractivity contribution >= 4 is 5.97 Å². The molecule has 2 aromatic carbocycles. The Hall–Kier alpha value is -2.09. The van der Waals surface area contributed by atoms with Gasteiger partial charge < -0.3 is 4.74 Å². The summed E-state index contributed by atoms with van der Waals surface area (Å²) in [7, 11) is 0. The zero-order valence-electron chi connectivity index (χ0n) is 10.2. The second-order valence-electron chi connectivity index (χ2n) is 4.66. The van der Waals surface area contributed by atoms with Gasteiger partial charge >= 0.3 is 5.97 Å². The van der Waals surface area contributed by atoms with Crippen molar-refractivity contribution < 1.29 is 9.53 Å². The van der Waals surface area contributed by atoms with Gasteiger partial charge in [-0.3, -0.25) is 4.79 Å². The average molecular weight is 238 g/mol. The lowest BCUT2D eigenvalue weighted by Gasteiger charge is -2.26. The van der Waals surface area contributed by atoms with Gasteiger partial charge in [-0.1, -0.05) is 54.1 Å². The molecule has 1 heterocycles. The lowest BCUT2D eigenvalue weighted by atomic mass is 9.92. The van der Waals surface area contributed by atoms with Crippen molar-refractivity contribution in [3.05, 3.63) is 70.8 Å². The van der Waals surface area contributed by atoms with E-state index in [9.17, 15) is 4.79 Å². The topological polar surface area (TPSA) is 26.3 Å². The molecule has 0 amide bonds. The summed E-state index contributed by atoms with van der Waals surface area (Å²) >= 11 is 0. The van der Waals surface area contributed by atoms with Crippen molar-refractivity contribution in [3.63, 3.8) is 0 Å². The molecule has 0 saturated heterocycles. The van der Waals surface area contributed by atoms with Crippen LogP contribution >= 0.6 is 0 Å². The first-order chi connectivity index (χ1) is 8.74. The van der Waals surface area contributed by atoms with Crippen molar-refractivity contribution in [2.45, 2.75) is 19.4 Å². The summed E-state index contributed by atoms with van der Waals surface area (Å²) in [6.45, 7) is 2.04. The van der Waals surface area contributed by atoms with Crippen LogP contribution in [0.2, 0.25) is 0 Å². The Morgan fingerprint density at radius 1 is 1.11 bits per heavy atom. The molecule has 2 heteroatoms. The average Bonchev–Trinajstić information content (AvgIpc) is 2.37. The summed E-state index contributed by atoms with van der Waals surface area (Å²) in [5.74, 6) is -0.153. The number of carbonyl (C=O) groups is 1. The summed E-state index contributed by atoms with van der Waals surface area (Å²) in [6.07, 6.45) is 0.112. The van der Waals surface area contributed by atoms with Gasteiger partial charge in [0, 0.05) is 5.56 Å². The predicted molar refractivity (Wildman–Crippen MR) is 69.3 cm³/mol. The molecule has 0 radical (unpaired) electrons. The van der Waals surface area contributed by atoms with Gasteiger partial charge in [-0.05, 0) is 18.1 Å². The minimum Gasteiger partial charge on any atom is -0.452 e. The van der Waals surface area contributed by atoms with E-state index in [1.54, 1.807) is 0 Å². The minimum atomic E-state index is -0.262. The predicted octanol–water partition coefficient (Wildman–Crippen LogP) is 3.18. The van der Waals surface area contributed by atoms with Gasteiger partial charge in [-0.2, -0.15) is 0 Å². The van der Waals surface area contributed by atoms with E-state index in [1.807, 2.05) is 49.4 Å². The number of ether oxygens (including phenoxy) is 1. The summed E-state index contributed by atoms with van der Waals surface area (Å²) in [5.41, 5.74) is 4.38. The van der Waals surface area contributed by atoms with Crippen LogP contribution in [0.3, 0.4) is 0 Å². The fourth-order valence-electron chi connectivity index (χ4n) is 2.42. The fourth-order valence-corrected chi connectivity index (χ4v) is 2.42. The molecule has 1 aliphatic heterocycles. The molecule has 1 aliphatic rings. The number of rotatable bonds is 1. The number of benzene rings is 2. The van der Waals surface area contributed by atoms with Crippen molar-refractivity contribution in [2.24, 2.45) is 0 Å². The van der Waals surface area contributed by atoms with Crippen LogP contribution in [0.1, 0.15) is 28.4 Å². The molecule has 0 bridgehead atoms. The van der Waals surface area contributed by atoms with Gasteiger partial charge in [0.25, 0.3) is 0 Å². The second-order valence-corrected chi connectivity index (χ2v) is 4.66. The standard InChI is InChI=1S/C16H14O2/c1-11-5-4-7-13(9-11)16-14-8-3-2-6-12(14)10-15(17)18-16/h2-9,16H,10H2,1H3/t16-/m0/s1. The van der Waals surface area contributed by atoms with Gasteiger partial charge in [-0.15, -0.1) is 0 Å². The van der Waals surface area contributed by atoms with Crippen LogP contribution in [-0.4, -0.2) is 5.97 Å². The summed E-state index contributed by atoms with van der Waals surface area (Å²) in [4.78, 5) is 11.7. The highest BCUT2D eigenvalue weighted by molar-refractivity contribution is 5.76. The lowest BCUT2D eigenvalue weighted by molar-refractivity contribution is -0.148. The first-order valence-electron chi connectivity index (χ1n) is 6.08. The number of aryl methyl sites for hydroxylation is 1. The normalized spacial score (nSPS) is 18.1. The van der Waals surface area contributed by atoms with Crippen LogP contribution < -0.4 is 0 Å². The number of cyclic esters (lactones) is 1. The first kappa shape index (κ1) is 11.0. The first-order valence-corrected chi connectivity index (χ1v) is 6.08. The summed E-state index contributed by atoms with van der Waals surface area (Å²) < 4.78 is 5.51. The highest BCUT2D eigenvalue weighted by Crippen LogP contribution is 2.33. The van der Waals surface area contributed by atoms with Crippen molar-refractivity contribution in [1.82, 2.24) is 0 Å². The molecule has 90 valence electrons. The van der Waals surface area contributed by atoms with Crippen LogP contribution in [0.4, 0.5) is 0 Å². The monoisotopic (exact) mass is 238 g/mol. The third kappa shape index (κ3) is 1.90. The molecule has 18 heavy (non-hydrogen) atoms. The molecule has 0 saturated carbocycles. The Morgan fingerprint density at radius 3 is 2.78 bits per heavy atom. The van der Waals surface area contributed by atoms with E-state index >= 15 is 0 Å². The van der Waals surface area contributed by atoms with Crippen LogP contribution in [0.5, 0.6) is 0 Å². The maximum Gasteiger partial charge on any atom is 0.311 e. The maximum atomic E-state index is 11.7. The van der Waals surface area contributed by atoms with E-state index in [4.69, 9.17) is 4.74 Å². The molecule has 0 aliphatic carbocycles. The number of hydrogen-bond donors (Lipinski definition) is 0. The van der Waals surface area contributed by atoms with Crippen LogP contribution in [0, 0.1) is 6.92 Å². The molecule has 2 nitrogen and oxygen atoms in total. The third-order valence-electron chi connectivity index (χ3n) is 3.27. The maximum absolute atomic E-state index is 11.7. The number of carbonyl (C=O) groups excluding carboxylic acids is 1. The van der Waals surface area contributed by atoms with E-state index in [0.717, 1.165) is 16.7 Å². The van der Waals surface area contributed by atoms with Crippen molar-refractivity contribution in [2.75, 3.05) is 0 Å². The molecule has 0 spiro atoms. The van der Waals surface area contributed by atoms with Gasteiger partial charge in [0.05, 0.1) is 6.42 Å². The van der Waals surface area contributed by atoms with E-state index in [2.05, 4.69) is 6.07 Å². The molecule has 0 unspecified atom stereocenters. The molecule has 3 rings (SSSR count). The minimum absolute atomic E-state index is 0.153. The van der Waals surface area contributed by atoms with Crippen LogP contribution in [-0.2, 0) is 16.0 Å². The largest absolute Gasteiger partial charge is 0.452 e. The smallest absolute Gasteiger partial charge is 0.311 e. The zero-order valence-corrected chi connectivity index (χ0v) is 10.2. The Labute approximate surface area is 106 Å². The Bertz CT molecular complexity index is 602. The van der Waals surface area contributed by atoms with E-state index < -0.39 is 0 Å². The summed E-state index contributed by atoms with van der Waals surface area (Å²) in [6, 6.07) is 16.1. The SMILES string of the molecule is Cc1cccc([C@@H]2OC(=O)Cc3ccccc32)c1. The lowest BCUT2D eigenvalue weighted by Crippen LogP contribution is -2.22. The Morgan fingerprint density at radius 2 is 1.94 bits per heavy atom. The Kier molecular flexibility index (Phi) is 2.63. The molecular weight excluding hydrogens is 224 g/mol. The molecule has 0 aromatic heterocycles.